The first-order valence-electron chi connectivity index (χ1n) is 8.34. The van der Waals surface area contributed by atoms with Gasteiger partial charge in [0, 0.05) is 23.3 Å². The second kappa shape index (κ2) is 7.62. The van der Waals surface area contributed by atoms with Crippen molar-refractivity contribution in [3.8, 4) is 0 Å². The van der Waals surface area contributed by atoms with E-state index in [9.17, 15) is 4.79 Å². The van der Waals surface area contributed by atoms with E-state index < -0.39 is 0 Å². The van der Waals surface area contributed by atoms with Gasteiger partial charge in [-0.1, -0.05) is 36.8 Å². The van der Waals surface area contributed by atoms with Crippen molar-refractivity contribution >= 4 is 23.0 Å². The van der Waals surface area contributed by atoms with Gasteiger partial charge in [0.05, 0.1) is 0 Å². The van der Waals surface area contributed by atoms with Gasteiger partial charge < -0.3 is 10.6 Å². The van der Waals surface area contributed by atoms with Gasteiger partial charge in [-0.3, -0.25) is 9.78 Å². The predicted octanol–water partition coefficient (Wildman–Crippen LogP) is 4.95. The molecule has 2 N–H and O–H groups in total. The van der Waals surface area contributed by atoms with Gasteiger partial charge in [0.2, 0.25) is 0 Å². The van der Waals surface area contributed by atoms with Gasteiger partial charge >= 0.3 is 0 Å². The van der Waals surface area contributed by atoms with Crippen LogP contribution in [0.2, 0.25) is 0 Å². The predicted molar refractivity (Wildman–Crippen MR) is 102 cm³/mol. The van der Waals surface area contributed by atoms with Crippen molar-refractivity contribution in [3.05, 3.63) is 83.7 Å². The highest BCUT2D eigenvalue weighted by Crippen LogP contribution is 2.18. The Bertz CT molecular complexity index is 855. The number of amides is 1. The summed E-state index contributed by atoms with van der Waals surface area (Å²) in [5.74, 6) is -0.225. The zero-order valence-electron chi connectivity index (χ0n) is 14.4. The molecule has 3 aromatic rings. The molecule has 0 radical (unpaired) electrons. The molecule has 0 aliphatic carbocycles. The number of anilines is 3. The van der Waals surface area contributed by atoms with Crippen molar-refractivity contribution in [1.29, 1.82) is 0 Å². The third kappa shape index (κ3) is 4.44. The summed E-state index contributed by atoms with van der Waals surface area (Å²) in [7, 11) is 0. The average molecular weight is 331 g/mol. The molecule has 0 fully saturated rings. The molecule has 25 heavy (non-hydrogen) atoms. The second-order valence-corrected chi connectivity index (χ2v) is 5.93. The van der Waals surface area contributed by atoms with E-state index in [1.54, 1.807) is 12.3 Å². The lowest BCUT2D eigenvalue weighted by molar-refractivity contribution is 0.102. The topological polar surface area (TPSA) is 54.0 Å². The number of benzene rings is 2. The van der Waals surface area contributed by atoms with Gasteiger partial charge in [0.15, 0.2) is 0 Å². The Labute approximate surface area is 147 Å². The number of aryl methyl sites for hydroxylation is 2. The lowest BCUT2D eigenvalue weighted by Gasteiger charge is -2.09. The van der Waals surface area contributed by atoms with Crippen LogP contribution in [0.4, 0.5) is 17.1 Å². The zero-order valence-corrected chi connectivity index (χ0v) is 14.4. The summed E-state index contributed by atoms with van der Waals surface area (Å²) in [4.78, 5) is 16.6. The first-order chi connectivity index (χ1) is 12.1. The van der Waals surface area contributed by atoms with Gasteiger partial charge in [-0.25, -0.2) is 0 Å². The van der Waals surface area contributed by atoms with Crippen LogP contribution in [0.25, 0.3) is 0 Å². The van der Waals surface area contributed by atoms with Crippen molar-refractivity contribution < 1.29 is 4.79 Å². The summed E-state index contributed by atoms with van der Waals surface area (Å²) in [6, 6.07) is 19.5. The molecule has 0 atom stereocenters. The highest BCUT2D eigenvalue weighted by molar-refractivity contribution is 6.03. The Morgan fingerprint density at radius 2 is 1.60 bits per heavy atom. The van der Waals surface area contributed by atoms with E-state index in [0.29, 0.717) is 5.69 Å². The van der Waals surface area contributed by atoms with Crippen molar-refractivity contribution in [1.82, 2.24) is 4.98 Å². The molecule has 0 unspecified atom stereocenters. The van der Waals surface area contributed by atoms with Crippen LogP contribution in [0.15, 0.2) is 66.9 Å². The van der Waals surface area contributed by atoms with Crippen molar-refractivity contribution in [2.24, 2.45) is 0 Å². The Morgan fingerprint density at radius 3 is 2.28 bits per heavy atom. The molecule has 4 nitrogen and oxygen atoms in total. The molecule has 0 spiro atoms. The minimum atomic E-state index is -0.225. The van der Waals surface area contributed by atoms with E-state index in [1.807, 2.05) is 61.5 Å². The van der Waals surface area contributed by atoms with Gasteiger partial charge in [0.25, 0.3) is 5.91 Å². The maximum atomic E-state index is 12.4. The van der Waals surface area contributed by atoms with Crippen LogP contribution >= 0.6 is 0 Å². The number of nitrogens with one attached hydrogen (secondary N) is 2. The quantitative estimate of drug-likeness (QED) is 0.695. The SMILES string of the molecule is CCc1ccc(NC(=O)c2cc(Nc3ccc(C)cc3)ccn2)cc1. The van der Waals surface area contributed by atoms with E-state index >= 15 is 0 Å². The molecule has 0 saturated carbocycles. The van der Waals surface area contributed by atoms with Gasteiger partial charge in [-0.05, 0) is 55.3 Å². The summed E-state index contributed by atoms with van der Waals surface area (Å²) in [6.45, 7) is 4.15. The molecule has 4 heteroatoms. The summed E-state index contributed by atoms with van der Waals surface area (Å²) < 4.78 is 0. The van der Waals surface area contributed by atoms with Crippen LogP contribution in [-0.2, 0) is 6.42 Å². The molecule has 0 saturated heterocycles. The molecule has 2 aromatic carbocycles. The molecular weight excluding hydrogens is 310 g/mol. The minimum Gasteiger partial charge on any atom is -0.355 e. The second-order valence-electron chi connectivity index (χ2n) is 5.93. The van der Waals surface area contributed by atoms with Crippen molar-refractivity contribution in [3.63, 3.8) is 0 Å². The fourth-order valence-electron chi connectivity index (χ4n) is 2.45. The van der Waals surface area contributed by atoms with E-state index in [1.165, 1.54) is 11.1 Å². The smallest absolute Gasteiger partial charge is 0.274 e. The molecule has 126 valence electrons. The summed E-state index contributed by atoms with van der Waals surface area (Å²) in [6.07, 6.45) is 2.61. The van der Waals surface area contributed by atoms with Gasteiger partial charge in [-0.15, -0.1) is 0 Å². The van der Waals surface area contributed by atoms with Gasteiger partial charge in [0.1, 0.15) is 5.69 Å². The standard InChI is InChI=1S/C21H21N3O/c1-3-16-6-10-18(11-7-16)24-21(25)20-14-19(12-13-22-20)23-17-8-4-15(2)5-9-17/h4-14H,3H2,1-2H3,(H,22,23)(H,24,25). The van der Waals surface area contributed by atoms with E-state index in [4.69, 9.17) is 0 Å². The molecule has 1 amide bonds. The Balaban J connectivity index is 1.71. The molecule has 0 aliphatic heterocycles. The van der Waals surface area contributed by atoms with Gasteiger partial charge in [-0.2, -0.15) is 0 Å². The number of carbonyl (C=O) groups is 1. The minimum absolute atomic E-state index is 0.225. The Hall–Kier alpha value is -3.14. The zero-order chi connectivity index (χ0) is 17.6. The summed E-state index contributed by atoms with van der Waals surface area (Å²) in [5.41, 5.74) is 5.37. The normalized spacial score (nSPS) is 10.3. The van der Waals surface area contributed by atoms with Crippen molar-refractivity contribution in [2.75, 3.05) is 10.6 Å². The number of hydrogen-bond acceptors (Lipinski definition) is 3. The summed E-state index contributed by atoms with van der Waals surface area (Å²) in [5, 5.41) is 6.16. The number of hydrogen-bond donors (Lipinski definition) is 2. The maximum absolute atomic E-state index is 12.4. The van der Waals surface area contributed by atoms with Crippen LogP contribution in [0, 0.1) is 6.92 Å². The number of pyridine rings is 1. The van der Waals surface area contributed by atoms with Crippen LogP contribution in [0.1, 0.15) is 28.5 Å². The number of carbonyl (C=O) groups excluding carboxylic acids is 1. The average Bonchev–Trinajstić information content (AvgIpc) is 2.64. The van der Waals surface area contributed by atoms with Crippen LogP contribution in [0.5, 0.6) is 0 Å². The molecule has 0 bridgehead atoms. The highest BCUT2D eigenvalue weighted by Gasteiger charge is 2.08. The monoisotopic (exact) mass is 331 g/mol. The van der Waals surface area contributed by atoms with Crippen LogP contribution < -0.4 is 10.6 Å². The van der Waals surface area contributed by atoms with E-state index in [-0.39, 0.29) is 5.91 Å². The van der Waals surface area contributed by atoms with Crippen LogP contribution in [0.3, 0.4) is 0 Å². The molecule has 3 rings (SSSR count). The lowest BCUT2D eigenvalue weighted by Crippen LogP contribution is -2.13. The summed E-state index contributed by atoms with van der Waals surface area (Å²) >= 11 is 0. The Morgan fingerprint density at radius 1 is 0.920 bits per heavy atom. The number of rotatable bonds is 5. The van der Waals surface area contributed by atoms with Crippen molar-refractivity contribution in [2.45, 2.75) is 20.3 Å². The maximum Gasteiger partial charge on any atom is 0.274 e. The first-order valence-corrected chi connectivity index (χ1v) is 8.34. The molecule has 1 heterocycles. The van der Waals surface area contributed by atoms with E-state index in [2.05, 4.69) is 22.5 Å². The fraction of sp³-hybridized carbons (Fsp3) is 0.143. The third-order valence-corrected chi connectivity index (χ3v) is 3.95. The highest BCUT2D eigenvalue weighted by atomic mass is 16.1. The largest absolute Gasteiger partial charge is 0.355 e. The van der Waals surface area contributed by atoms with E-state index in [0.717, 1.165) is 23.5 Å². The fourth-order valence-corrected chi connectivity index (χ4v) is 2.45. The lowest BCUT2D eigenvalue weighted by atomic mass is 10.1. The molecule has 0 aliphatic rings. The Kier molecular flexibility index (Phi) is 5.09. The number of nitrogens with zero attached hydrogens (tertiary/aromatic N) is 1. The molecule has 1 aromatic heterocycles. The molecular formula is C21H21N3O. The number of aromatic nitrogens is 1. The third-order valence-electron chi connectivity index (χ3n) is 3.95. The first kappa shape index (κ1) is 16.7. The van der Waals surface area contributed by atoms with Crippen LogP contribution in [-0.4, -0.2) is 10.9 Å².